The summed E-state index contributed by atoms with van der Waals surface area (Å²) in [6.45, 7) is 1.30. The Morgan fingerprint density at radius 1 is 0.875 bits per heavy atom. The molecule has 2 aliphatic rings. The Morgan fingerprint density at radius 2 is 1.52 bits per heavy atom. The summed E-state index contributed by atoms with van der Waals surface area (Å²) < 4.78 is 16.3. The molecule has 6 rings (SSSR count). The highest BCUT2D eigenvalue weighted by Gasteiger charge is 2.30. The second kappa shape index (κ2) is 11.9. The molecule has 210 valence electrons. The molecule has 0 amide bonds. The zero-order chi connectivity index (χ0) is 27.6. The predicted octanol–water partition coefficient (Wildman–Crippen LogP) is 6.92. The molecule has 7 nitrogen and oxygen atoms in total. The lowest BCUT2D eigenvalue weighted by atomic mass is 9.91. The first-order valence-electron chi connectivity index (χ1n) is 14.0. The van der Waals surface area contributed by atoms with Crippen molar-refractivity contribution in [2.75, 3.05) is 0 Å². The molecule has 1 fully saturated rings. The molecule has 40 heavy (non-hydrogen) atoms. The van der Waals surface area contributed by atoms with E-state index in [1.54, 1.807) is 9.36 Å². The van der Waals surface area contributed by atoms with Gasteiger partial charge in [0, 0.05) is 45.6 Å². The molecule has 0 bridgehead atoms. The number of benzene rings is 2. The van der Waals surface area contributed by atoms with Gasteiger partial charge in [0.2, 0.25) is 0 Å². The largest absolute Gasteiger partial charge is 0.490 e. The number of nitrogens with zero attached hydrogens (tertiary/aromatic N) is 5. The van der Waals surface area contributed by atoms with Crippen LogP contribution in [0.25, 0.3) is 0 Å². The highest BCUT2D eigenvalue weighted by molar-refractivity contribution is 6.31. The number of ether oxygens (including phenoxy) is 2. The van der Waals surface area contributed by atoms with E-state index in [-0.39, 0.29) is 12.2 Å². The van der Waals surface area contributed by atoms with Crippen LogP contribution in [0.3, 0.4) is 0 Å². The van der Waals surface area contributed by atoms with E-state index in [1.807, 2.05) is 32.6 Å². The van der Waals surface area contributed by atoms with Crippen molar-refractivity contribution < 1.29 is 9.47 Å². The minimum Gasteiger partial charge on any atom is -0.490 e. The fourth-order valence-electron chi connectivity index (χ4n) is 5.99. The Morgan fingerprint density at radius 3 is 2.12 bits per heavy atom. The molecule has 1 atom stereocenters. The maximum Gasteiger partial charge on any atom is 0.124 e. The lowest BCUT2D eigenvalue weighted by Gasteiger charge is -2.36. The van der Waals surface area contributed by atoms with Crippen molar-refractivity contribution in [1.29, 1.82) is 0 Å². The summed E-state index contributed by atoms with van der Waals surface area (Å²) in [5.41, 5.74) is 4.21. The van der Waals surface area contributed by atoms with Gasteiger partial charge in [-0.05, 0) is 67.9 Å². The third kappa shape index (κ3) is 6.17. The Bertz CT molecular complexity index is 1400. The van der Waals surface area contributed by atoms with E-state index in [9.17, 15) is 0 Å². The van der Waals surface area contributed by atoms with E-state index in [0.717, 1.165) is 61.4 Å². The molecule has 0 spiro atoms. The molecular weight excluding hydrogens is 545 g/mol. The van der Waals surface area contributed by atoms with Crippen LogP contribution in [-0.4, -0.2) is 36.6 Å². The zero-order valence-electron chi connectivity index (χ0n) is 23.0. The molecule has 2 aromatic carbocycles. The van der Waals surface area contributed by atoms with Crippen LogP contribution in [0.5, 0.6) is 11.5 Å². The van der Waals surface area contributed by atoms with Crippen molar-refractivity contribution in [2.24, 2.45) is 14.1 Å². The normalized spacial score (nSPS) is 20.8. The predicted molar refractivity (Wildman–Crippen MR) is 157 cm³/mol. The van der Waals surface area contributed by atoms with Crippen LogP contribution < -0.4 is 9.47 Å². The molecule has 1 saturated carbocycles. The molecule has 0 radical (unpaired) electrons. The summed E-state index contributed by atoms with van der Waals surface area (Å²) in [5, 5.41) is 10.5. The summed E-state index contributed by atoms with van der Waals surface area (Å²) in [6.07, 6.45) is 9.96. The van der Waals surface area contributed by atoms with E-state index >= 15 is 0 Å². The summed E-state index contributed by atoms with van der Waals surface area (Å²) >= 11 is 13.0. The van der Waals surface area contributed by atoms with Crippen molar-refractivity contribution >= 4 is 23.2 Å². The first kappa shape index (κ1) is 27.2. The maximum atomic E-state index is 6.49. The van der Waals surface area contributed by atoms with Gasteiger partial charge in [-0.2, -0.15) is 10.2 Å². The Balaban J connectivity index is 1.09. The summed E-state index contributed by atoms with van der Waals surface area (Å²) in [6, 6.07) is 17.1. The highest BCUT2D eigenvalue weighted by Crippen LogP contribution is 2.38. The summed E-state index contributed by atoms with van der Waals surface area (Å²) in [7, 11) is 3.79. The van der Waals surface area contributed by atoms with Crippen LogP contribution in [0.2, 0.25) is 10.0 Å². The fraction of sp³-hybridized carbons (Fsp3) is 0.419. The van der Waals surface area contributed by atoms with Crippen LogP contribution in [0.4, 0.5) is 0 Å². The van der Waals surface area contributed by atoms with Crippen molar-refractivity contribution in [3.05, 3.63) is 93.5 Å². The first-order chi connectivity index (χ1) is 19.4. The Labute approximate surface area is 245 Å². The second-order valence-corrected chi connectivity index (χ2v) is 11.8. The lowest BCUT2D eigenvalue weighted by Crippen LogP contribution is -2.39. The van der Waals surface area contributed by atoms with Crippen LogP contribution in [0, 0.1) is 0 Å². The SMILES string of the molecule is Cn1cc(Cl)c(CN(Cc2nn(C)cc2Cl)C2CCC(Oc3ccc4c(c3)CCC(c3ccccc3)O4)CC2)n1. The van der Waals surface area contributed by atoms with E-state index in [4.69, 9.17) is 32.7 Å². The molecule has 1 aliphatic carbocycles. The number of hydrogen-bond acceptors (Lipinski definition) is 5. The number of aromatic nitrogens is 4. The Hall–Kier alpha value is -3.00. The van der Waals surface area contributed by atoms with Crippen LogP contribution in [0.1, 0.15) is 60.7 Å². The minimum atomic E-state index is 0.112. The maximum absolute atomic E-state index is 6.49. The molecule has 1 unspecified atom stereocenters. The average molecular weight is 581 g/mol. The molecule has 0 N–H and O–H groups in total. The van der Waals surface area contributed by atoms with Crippen molar-refractivity contribution in [1.82, 2.24) is 24.5 Å². The average Bonchev–Trinajstić information content (AvgIpc) is 3.46. The molecule has 4 aromatic rings. The first-order valence-corrected chi connectivity index (χ1v) is 14.8. The van der Waals surface area contributed by atoms with Crippen LogP contribution in [0.15, 0.2) is 60.9 Å². The summed E-state index contributed by atoms with van der Waals surface area (Å²) in [5.74, 6) is 1.90. The van der Waals surface area contributed by atoms with Gasteiger partial charge in [0.25, 0.3) is 0 Å². The molecule has 0 saturated heterocycles. The molecule has 1 aliphatic heterocycles. The number of rotatable bonds is 8. The fourth-order valence-corrected chi connectivity index (χ4v) is 6.46. The summed E-state index contributed by atoms with van der Waals surface area (Å²) in [4.78, 5) is 2.41. The van der Waals surface area contributed by atoms with Gasteiger partial charge in [-0.15, -0.1) is 0 Å². The van der Waals surface area contributed by atoms with Crippen LogP contribution >= 0.6 is 23.2 Å². The second-order valence-electron chi connectivity index (χ2n) is 11.0. The third-order valence-corrected chi connectivity index (χ3v) is 8.66. The number of hydrogen-bond donors (Lipinski definition) is 0. The van der Waals surface area contributed by atoms with Gasteiger partial charge in [0.05, 0.1) is 27.5 Å². The molecular formula is C31H35Cl2N5O2. The van der Waals surface area contributed by atoms with Crippen molar-refractivity contribution in [3.8, 4) is 11.5 Å². The third-order valence-electron chi connectivity index (χ3n) is 8.03. The Kier molecular flexibility index (Phi) is 8.05. The highest BCUT2D eigenvalue weighted by atomic mass is 35.5. The van der Waals surface area contributed by atoms with Crippen molar-refractivity contribution in [3.63, 3.8) is 0 Å². The van der Waals surface area contributed by atoms with E-state index in [0.29, 0.717) is 29.2 Å². The minimum absolute atomic E-state index is 0.112. The van der Waals surface area contributed by atoms with Gasteiger partial charge in [-0.25, -0.2) is 0 Å². The van der Waals surface area contributed by atoms with E-state index < -0.39 is 0 Å². The molecule has 9 heteroatoms. The van der Waals surface area contributed by atoms with Gasteiger partial charge >= 0.3 is 0 Å². The van der Waals surface area contributed by atoms with Gasteiger partial charge in [-0.1, -0.05) is 53.5 Å². The topological polar surface area (TPSA) is 57.3 Å². The smallest absolute Gasteiger partial charge is 0.124 e. The van der Waals surface area contributed by atoms with E-state index in [2.05, 4.69) is 57.6 Å². The zero-order valence-corrected chi connectivity index (χ0v) is 24.5. The number of fused-ring (bicyclic) bond motifs is 1. The van der Waals surface area contributed by atoms with Gasteiger partial charge in [0.15, 0.2) is 0 Å². The molecule has 3 heterocycles. The molecule has 2 aromatic heterocycles. The number of aryl methyl sites for hydroxylation is 3. The van der Waals surface area contributed by atoms with Gasteiger partial charge in [-0.3, -0.25) is 14.3 Å². The van der Waals surface area contributed by atoms with Gasteiger partial charge in [0.1, 0.15) is 17.6 Å². The van der Waals surface area contributed by atoms with Crippen LogP contribution in [-0.2, 0) is 33.6 Å². The van der Waals surface area contributed by atoms with Crippen molar-refractivity contribution in [2.45, 2.75) is 69.9 Å². The monoisotopic (exact) mass is 579 g/mol. The van der Waals surface area contributed by atoms with E-state index in [1.165, 1.54) is 11.1 Å². The quantitative estimate of drug-likeness (QED) is 0.227. The number of halogens is 2. The lowest BCUT2D eigenvalue weighted by molar-refractivity contribution is 0.0776. The van der Waals surface area contributed by atoms with Gasteiger partial charge < -0.3 is 9.47 Å². The standard InChI is InChI=1S/C31H35Cl2N5O2/c1-36-17-26(32)28(34-36)19-38(20-29-27(33)18-37(2)35-29)23-9-11-24(12-10-23)39-25-13-15-31-22(16-25)8-14-30(40-31)21-6-4-3-5-7-21/h3-7,13,15-18,23-24,30H,8-12,14,19-20H2,1-2H3.